The molecule has 9 aromatic rings. The van der Waals surface area contributed by atoms with Gasteiger partial charge in [-0.3, -0.25) is 0 Å². The molecule has 0 heterocycles. The molecule has 1 heteroatoms. The van der Waals surface area contributed by atoms with E-state index < -0.39 is 0 Å². The van der Waals surface area contributed by atoms with E-state index in [9.17, 15) is 0 Å². The molecule has 0 N–H and O–H groups in total. The Morgan fingerprint density at radius 2 is 0.937 bits per heavy atom. The van der Waals surface area contributed by atoms with Crippen LogP contribution in [0.4, 0.5) is 17.1 Å². The van der Waals surface area contributed by atoms with Gasteiger partial charge in [0.15, 0.2) is 0 Å². The summed E-state index contributed by atoms with van der Waals surface area (Å²) in [7, 11) is 0. The molecule has 1 nitrogen and oxygen atoms in total. The van der Waals surface area contributed by atoms with Crippen molar-refractivity contribution in [1.82, 2.24) is 0 Å². The molecule has 0 aromatic heterocycles. The van der Waals surface area contributed by atoms with E-state index in [-0.39, 0.29) is 10.8 Å². The lowest BCUT2D eigenvalue weighted by atomic mass is 9.67. The molecule has 1 spiro atoms. The highest BCUT2D eigenvalue weighted by Crippen LogP contribution is 2.66. The van der Waals surface area contributed by atoms with Crippen LogP contribution in [0.5, 0.6) is 0 Å². The molecule has 2 fully saturated rings. The fourth-order valence-corrected chi connectivity index (χ4v) is 13.1. The lowest BCUT2D eigenvalue weighted by molar-refractivity contribution is 0.327. The summed E-state index contributed by atoms with van der Waals surface area (Å²) in [5.74, 6) is 1.53. The van der Waals surface area contributed by atoms with Gasteiger partial charge in [-0.15, -0.1) is 0 Å². The molecule has 0 saturated heterocycles. The minimum Gasteiger partial charge on any atom is -0.310 e. The van der Waals surface area contributed by atoms with Crippen LogP contribution >= 0.6 is 0 Å². The second-order valence-corrected chi connectivity index (χ2v) is 19.2. The van der Waals surface area contributed by atoms with E-state index in [1.54, 1.807) is 5.56 Å². The van der Waals surface area contributed by atoms with Crippen LogP contribution in [0.25, 0.3) is 66.4 Å². The summed E-state index contributed by atoms with van der Waals surface area (Å²) in [6.07, 6.45) is 5.34. The number of rotatable bonds is 6. The zero-order chi connectivity index (χ0) is 41.9. The molecule has 302 valence electrons. The highest BCUT2D eigenvalue weighted by molar-refractivity contribution is 5.97. The van der Waals surface area contributed by atoms with Gasteiger partial charge in [0, 0.05) is 27.9 Å². The van der Waals surface area contributed by atoms with Gasteiger partial charge in [-0.1, -0.05) is 184 Å². The van der Waals surface area contributed by atoms with Crippen LogP contribution in [0.15, 0.2) is 200 Å². The van der Waals surface area contributed by atoms with Gasteiger partial charge in [-0.2, -0.15) is 0 Å². The molecule has 0 amide bonds. The van der Waals surface area contributed by atoms with Crippen LogP contribution in [-0.4, -0.2) is 0 Å². The molecule has 3 atom stereocenters. The van der Waals surface area contributed by atoms with Gasteiger partial charge < -0.3 is 4.90 Å². The zero-order valence-electron chi connectivity index (χ0n) is 36.0. The Balaban J connectivity index is 0.937. The number of nitrogens with zero attached hydrogens (tertiary/aromatic N) is 1. The quantitative estimate of drug-likeness (QED) is 0.162. The molecular formula is C62H49N. The zero-order valence-corrected chi connectivity index (χ0v) is 36.0. The van der Waals surface area contributed by atoms with Crippen molar-refractivity contribution in [3.8, 4) is 55.6 Å². The summed E-state index contributed by atoms with van der Waals surface area (Å²) < 4.78 is 0. The SMILES string of the molecule is CC1(C)c2ccccc2-c2cccc(-c3ccccc3-c3ccc(N(c4ccc(-c5cccc6ccccc56)cc4)c4ccc5c(c4)C4(CC6CCC4C6)c4ccccc4-5)cc3)c21. The van der Waals surface area contributed by atoms with Crippen LogP contribution in [-0.2, 0) is 10.8 Å². The van der Waals surface area contributed by atoms with Crippen LogP contribution in [0.3, 0.4) is 0 Å². The Labute approximate surface area is 371 Å². The molecule has 9 aromatic carbocycles. The van der Waals surface area contributed by atoms with Crippen molar-refractivity contribution < 1.29 is 0 Å². The van der Waals surface area contributed by atoms with E-state index in [2.05, 4.69) is 219 Å². The third-order valence-electron chi connectivity index (χ3n) is 15.7. The predicted octanol–water partition coefficient (Wildman–Crippen LogP) is 16.7. The molecule has 3 unspecified atom stereocenters. The standard InChI is InChI=1S/C62H49N/c1-61(2)57-23-9-7-19-53(57)56-22-12-21-55(60(56)61)51-17-6-5-16-50(51)43-28-33-46(34-29-43)63(45-31-26-42(27-32-45)49-20-11-14-41-13-3-4-15-48(41)49)47-35-36-54-52-18-8-10-24-58(52)62(59(54)38-47)39-40-25-30-44(62)37-40/h3-24,26-29,31-36,38,40,44H,25,30,37,39H2,1-2H3. The summed E-state index contributed by atoms with van der Waals surface area (Å²) in [6, 6.07) is 75.5. The van der Waals surface area contributed by atoms with E-state index in [0.717, 1.165) is 17.3 Å². The van der Waals surface area contributed by atoms with Gasteiger partial charge in [0.25, 0.3) is 0 Å². The van der Waals surface area contributed by atoms with E-state index >= 15 is 0 Å². The highest BCUT2D eigenvalue weighted by Gasteiger charge is 2.56. The third-order valence-corrected chi connectivity index (χ3v) is 15.7. The fraction of sp³-hybridized carbons (Fsp3) is 0.161. The molecular weight excluding hydrogens is 759 g/mol. The van der Waals surface area contributed by atoms with Crippen molar-refractivity contribution >= 4 is 27.8 Å². The van der Waals surface area contributed by atoms with Gasteiger partial charge in [0.1, 0.15) is 0 Å². The molecule has 13 rings (SSSR count). The van der Waals surface area contributed by atoms with Crippen LogP contribution in [0.1, 0.15) is 61.8 Å². The second kappa shape index (κ2) is 13.8. The average molecular weight is 808 g/mol. The van der Waals surface area contributed by atoms with Gasteiger partial charge in [0.05, 0.1) is 0 Å². The first-order valence-corrected chi connectivity index (χ1v) is 23.0. The number of benzene rings is 9. The summed E-state index contributed by atoms with van der Waals surface area (Å²) >= 11 is 0. The summed E-state index contributed by atoms with van der Waals surface area (Å²) in [4.78, 5) is 2.50. The Morgan fingerprint density at radius 3 is 1.65 bits per heavy atom. The number of anilines is 3. The average Bonchev–Trinajstić information content (AvgIpc) is 4.09. The minimum atomic E-state index is -0.100. The third kappa shape index (κ3) is 5.36. The Hall–Kier alpha value is -6.96. The number of fused-ring (bicyclic) bond motifs is 12. The van der Waals surface area contributed by atoms with Crippen molar-refractivity contribution in [3.63, 3.8) is 0 Å². The molecule has 4 aliphatic rings. The molecule has 2 bridgehead atoms. The van der Waals surface area contributed by atoms with Gasteiger partial charge >= 0.3 is 0 Å². The topological polar surface area (TPSA) is 3.24 Å². The minimum absolute atomic E-state index is 0.100. The van der Waals surface area contributed by atoms with Gasteiger partial charge in [-0.25, -0.2) is 0 Å². The van der Waals surface area contributed by atoms with Gasteiger partial charge in [0.2, 0.25) is 0 Å². The smallest absolute Gasteiger partial charge is 0.0465 e. The number of hydrogen-bond acceptors (Lipinski definition) is 1. The first kappa shape index (κ1) is 36.7. The van der Waals surface area contributed by atoms with E-state index in [1.807, 2.05) is 0 Å². The molecule has 63 heavy (non-hydrogen) atoms. The monoisotopic (exact) mass is 807 g/mol. The maximum Gasteiger partial charge on any atom is 0.0465 e. The van der Waals surface area contributed by atoms with E-state index in [1.165, 1.54) is 114 Å². The molecule has 0 aliphatic heterocycles. The molecule has 2 saturated carbocycles. The lowest BCUT2D eigenvalue weighted by Crippen LogP contribution is -2.32. The van der Waals surface area contributed by atoms with Crippen LogP contribution in [0.2, 0.25) is 0 Å². The second-order valence-electron chi connectivity index (χ2n) is 19.2. The highest BCUT2D eigenvalue weighted by atomic mass is 15.1. The lowest BCUT2D eigenvalue weighted by Gasteiger charge is -2.37. The Morgan fingerprint density at radius 1 is 0.413 bits per heavy atom. The van der Waals surface area contributed by atoms with E-state index in [4.69, 9.17) is 0 Å². The molecule has 0 radical (unpaired) electrons. The van der Waals surface area contributed by atoms with Crippen molar-refractivity contribution in [1.29, 1.82) is 0 Å². The first-order valence-electron chi connectivity index (χ1n) is 23.0. The summed E-state index contributed by atoms with van der Waals surface area (Å²) in [5, 5.41) is 2.55. The normalized spacial score (nSPS) is 19.5. The van der Waals surface area contributed by atoms with Crippen LogP contribution in [0, 0.1) is 11.8 Å². The Kier molecular flexibility index (Phi) is 8.02. The molecule has 4 aliphatic carbocycles. The summed E-state index contributed by atoms with van der Waals surface area (Å²) in [5.41, 5.74) is 22.6. The Bertz CT molecular complexity index is 3270. The van der Waals surface area contributed by atoms with Crippen LogP contribution < -0.4 is 4.90 Å². The first-order chi connectivity index (χ1) is 31.0. The van der Waals surface area contributed by atoms with E-state index in [0.29, 0.717) is 5.92 Å². The van der Waals surface area contributed by atoms with Crippen molar-refractivity contribution in [3.05, 3.63) is 222 Å². The fourth-order valence-electron chi connectivity index (χ4n) is 13.1. The van der Waals surface area contributed by atoms with Crippen molar-refractivity contribution in [2.45, 2.75) is 50.4 Å². The van der Waals surface area contributed by atoms with Crippen molar-refractivity contribution in [2.75, 3.05) is 4.90 Å². The largest absolute Gasteiger partial charge is 0.310 e. The van der Waals surface area contributed by atoms with Gasteiger partial charge in [-0.05, 0) is 156 Å². The van der Waals surface area contributed by atoms with Crippen molar-refractivity contribution in [2.24, 2.45) is 11.8 Å². The maximum atomic E-state index is 2.58. The number of hydrogen-bond donors (Lipinski definition) is 0. The summed E-state index contributed by atoms with van der Waals surface area (Å²) in [6.45, 7) is 4.77. The maximum absolute atomic E-state index is 2.58. The predicted molar refractivity (Wildman–Crippen MR) is 264 cm³/mol.